The van der Waals surface area contributed by atoms with E-state index >= 15 is 0 Å². The van der Waals surface area contributed by atoms with Gasteiger partial charge in [0, 0.05) is 19.5 Å². The monoisotopic (exact) mass is 234 g/mol. The van der Waals surface area contributed by atoms with Gasteiger partial charge in [-0.25, -0.2) is 0 Å². The lowest BCUT2D eigenvalue weighted by atomic mass is 10.2. The van der Waals surface area contributed by atoms with Gasteiger partial charge in [0.2, 0.25) is 0 Å². The van der Waals surface area contributed by atoms with Crippen LogP contribution in [0.25, 0.3) is 0 Å². The van der Waals surface area contributed by atoms with E-state index in [0.29, 0.717) is 32.3 Å². The van der Waals surface area contributed by atoms with Crippen LogP contribution in [0.2, 0.25) is 0 Å². The molecular weight excluding hydrogens is 212 g/mol. The van der Waals surface area contributed by atoms with Gasteiger partial charge in [0.1, 0.15) is 12.1 Å². The normalized spacial score (nSPS) is 7.50. The third-order valence-electron chi connectivity index (χ3n) is 1.09. The first-order valence-electron chi connectivity index (χ1n) is 4.99. The Morgan fingerprint density at radius 2 is 1.81 bits per heavy atom. The number of unbranched alkanes of at least 4 members (excludes halogenated alkanes) is 1. The molecule has 0 aromatic heterocycles. The Morgan fingerprint density at radius 1 is 1.31 bits per heavy atom. The molecule has 6 heteroatoms. The van der Waals surface area contributed by atoms with E-state index in [4.69, 9.17) is 0 Å². The van der Waals surface area contributed by atoms with Gasteiger partial charge in [-0.3, -0.25) is 4.79 Å². The number of rotatable bonds is 6. The van der Waals surface area contributed by atoms with Gasteiger partial charge >= 0.3 is 0 Å². The molecule has 4 N–H and O–H groups in total. The summed E-state index contributed by atoms with van der Waals surface area (Å²) in [5, 5.41) is 0. The topological polar surface area (TPSA) is 112 Å². The fourth-order valence-electron chi connectivity index (χ4n) is 0.502. The zero-order valence-electron chi connectivity index (χ0n) is 9.98. The molecule has 0 fully saturated rings. The summed E-state index contributed by atoms with van der Waals surface area (Å²) >= 11 is 0. The number of ether oxygens (including phenoxy) is 1. The SMILES string of the molecule is CC(=O)CCCC=O.CCOC=O.NCN. The minimum Gasteiger partial charge on any atom is -0.468 e. The number of carbonyl (C=O) groups is 3. The van der Waals surface area contributed by atoms with E-state index in [0.717, 1.165) is 6.29 Å². The van der Waals surface area contributed by atoms with Gasteiger partial charge in [0.05, 0.1) is 6.61 Å². The van der Waals surface area contributed by atoms with Crippen molar-refractivity contribution < 1.29 is 19.1 Å². The smallest absolute Gasteiger partial charge is 0.293 e. The molecule has 0 heterocycles. The predicted molar refractivity (Wildman–Crippen MR) is 61.5 cm³/mol. The summed E-state index contributed by atoms with van der Waals surface area (Å²) in [4.78, 5) is 29.1. The predicted octanol–water partition coefficient (Wildman–Crippen LogP) is -0.0148. The number of carbonyl (C=O) groups excluding carboxylic acids is 3. The second-order valence-corrected chi connectivity index (χ2v) is 2.55. The molecule has 0 saturated carbocycles. The Hall–Kier alpha value is -1.27. The average Bonchev–Trinajstić information content (AvgIpc) is 2.21. The van der Waals surface area contributed by atoms with Crippen LogP contribution in [0.5, 0.6) is 0 Å². The Balaban J connectivity index is -0.000000181. The number of aldehydes is 1. The molecular formula is C10H22N2O4. The number of nitrogens with two attached hydrogens (primary N) is 2. The van der Waals surface area contributed by atoms with E-state index in [9.17, 15) is 14.4 Å². The van der Waals surface area contributed by atoms with Crippen molar-refractivity contribution >= 4 is 18.5 Å². The molecule has 16 heavy (non-hydrogen) atoms. The summed E-state index contributed by atoms with van der Waals surface area (Å²) in [6.45, 7) is 4.45. The van der Waals surface area contributed by atoms with Crippen molar-refractivity contribution in [3.8, 4) is 0 Å². The van der Waals surface area contributed by atoms with Gasteiger partial charge in [-0.2, -0.15) is 0 Å². The van der Waals surface area contributed by atoms with Crippen LogP contribution in [0, 0.1) is 0 Å². The number of ketones is 1. The van der Waals surface area contributed by atoms with Crippen LogP contribution >= 0.6 is 0 Å². The van der Waals surface area contributed by atoms with E-state index in [1.165, 1.54) is 6.92 Å². The molecule has 0 bridgehead atoms. The Bertz CT molecular complexity index is 163. The Morgan fingerprint density at radius 3 is 2.00 bits per heavy atom. The van der Waals surface area contributed by atoms with Crippen molar-refractivity contribution in [1.82, 2.24) is 0 Å². The van der Waals surface area contributed by atoms with Crippen molar-refractivity contribution in [1.29, 1.82) is 0 Å². The van der Waals surface area contributed by atoms with Gasteiger partial charge in [0.15, 0.2) is 0 Å². The van der Waals surface area contributed by atoms with E-state index in [1.54, 1.807) is 6.92 Å². The number of Topliss-reactive ketones (excluding diaryl/α,β-unsaturated/α-hetero) is 1. The van der Waals surface area contributed by atoms with Crippen LogP contribution in [0.15, 0.2) is 0 Å². The summed E-state index contributed by atoms with van der Waals surface area (Å²) in [7, 11) is 0. The highest BCUT2D eigenvalue weighted by atomic mass is 16.5. The molecule has 0 aromatic rings. The zero-order valence-corrected chi connectivity index (χ0v) is 9.98. The summed E-state index contributed by atoms with van der Waals surface area (Å²) in [5.74, 6) is 0.159. The van der Waals surface area contributed by atoms with E-state index in [-0.39, 0.29) is 12.5 Å². The summed E-state index contributed by atoms with van der Waals surface area (Å²) in [5.41, 5.74) is 9.25. The van der Waals surface area contributed by atoms with Crippen LogP contribution in [-0.4, -0.2) is 31.8 Å². The van der Waals surface area contributed by atoms with Crippen molar-refractivity contribution in [2.45, 2.75) is 33.1 Å². The van der Waals surface area contributed by atoms with Gasteiger partial charge < -0.3 is 25.8 Å². The molecule has 0 saturated heterocycles. The van der Waals surface area contributed by atoms with Gasteiger partial charge in [0.25, 0.3) is 6.47 Å². The lowest BCUT2D eigenvalue weighted by Crippen LogP contribution is -2.08. The van der Waals surface area contributed by atoms with Crippen LogP contribution in [-0.2, 0) is 19.1 Å². The molecule has 0 radical (unpaired) electrons. The maximum absolute atomic E-state index is 10.2. The summed E-state index contributed by atoms with van der Waals surface area (Å²) in [6, 6.07) is 0. The molecule has 0 atom stereocenters. The van der Waals surface area contributed by atoms with Crippen LogP contribution in [0.3, 0.4) is 0 Å². The average molecular weight is 234 g/mol. The molecule has 6 nitrogen and oxygen atoms in total. The minimum absolute atomic E-state index is 0.159. The van der Waals surface area contributed by atoms with Crippen molar-refractivity contribution in [3.05, 3.63) is 0 Å². The van der Waals surface area contributed by atoms with Crippen molar-refractivity contribution in [3.63, 3.8) is 0 Å². The fraction of sp³-hybridized carbons (Fsp3) is 0.700. The standard InChI is InChI=1S/C6H10O2.C3H6O2.CH6N2/c1-6(8)4-2-3-5-7;1-2-5-3-4;2-1-3/h5H,2-4H2,1H3;3H,2H2,1H3;1-3H2. The number of hydrogen-bond acceptors (Lipinski definition) is 6. The highest BCUT2D eigenvalue weighted by Crippen LogP contribution is 1.91. The van der Waals surface area contributed by atoms with E-state index in [1.807, 2.05) is 0 Å². The highest BCUT2D eigenvalue weighted by molar-refractivity contribution is 5.75. The Labute approximate surface area is 96.3 Å². The summed E-state index contributed by atoms with van der Waals surface area (Å²) < 4.78 is 4.15. The maximum Gasteiger partial charge on any atom is 0.293 e. The first-order chi connectivity index (χ1) is 7.60. The van der Waals surface area contributed by atoms with Crippen LogP contribution < -0.4 is 11.5 Å². The first-order valence-corrected chi connectivity index (χ1v) is 4.99. The molecule has 0 aliphatic rings. The molecule has 0 rings (SSSR count). The van der Waals surface area contributed by atoms with Crippen molar-refractivity contribution in [2.24, 2.45) is 11.5 Å². The van der Waals surface area contributed by atoms with Crippen LogP contribution in [0.4, 0.5) is 0 Å². The van der Waals surface area contributed by atoms with Crippen LogP contribution in [0.1, 0.15) is 33.1 Å². The molecule has 0 aromatic carbocycles. The quantitative estimate of drug-likeness (QED) is 0.379. The van der Waals surface area contributed by atoms with Gasteiger partial charge in [-0.15, -0.1) is 0 Å². The zero-order chi connectivity index (χ0) is 13.2. The third-order valence-corrected chi connectivity index (χ3v) is 1.09. The van der Waals surface area contributed by atoms with Gasteiger partial charge in [-0.05, 0) is 20.3 Å². The Kier molecular flexibility index (Phi) is 29.6. The van der Waals surface area contributed by atoms with Crippen molar-refractivity contribution in [2.75, 3.05) is 13.3 Å². The van der Waals surface area contributed by atoms with E-state index < -0.39 is 0 Å². The third kappa shape index (κ3) is 53.3. The molecule has 0 aliphatic carbocycles. The lowest BCUT2D eigenvalue weighted by molar-refractivity contribution is -0.128. The number of hydrogen-bond donors (Lipinski definition) is 2. The first kappa shape index (κ1) is 20.2. The second-order valence-electron chi connectivity index (χ2n) is 2.55. The van der Waals surface area contributed by atoms with E-state index in [2.05, 4.69) is 16.2 Å². The largest absolute Gasteiger partial charge is 0.468 e. The fourth-order valence-corrected chi connectivity index (χ4v) is 0.502. The highest BCUT2D eigenvalue weighted by Gasteiger charge is 1.89. The second kappa shape index (κ2) is 23.5. The maximum atomic E-state index is 10.2. The summed E-state index contributed by atoms with van der Waals surface area (Å²) in [6.07, 6.45) is 2.60. The molecule has 0 spiro atoms. The minimum atomic E-state index is 0.159. The molecule has 0 unspecified atom stereocenters. The molecule has 96 valence electrons. The lowest BCUT2D eigenvalue weighted by Gasteiger charge is -1.86. The molecule has 0 amide bonds. The van der Waals surface area contributed by atoms with Gasteiger partial charge in [-0.1, -0.05) is 0 Å². The molecule has 0 aliphatic heterocycles.